The highest BCUT2D eigenvalue weighted by atomic mass is 19.1. The summed E-state index contributed by atoms with van der Waals surface area (Å²) in [5.74, 6) is -0.0531. The van der Waals surface area contributed by atoms with Crippen LogP contribution in [0.5, 0.6) is 0 Å². The van der Waals surface area contributed by atoms with E-state index in [4.69, 9.17) is 0 Å². The average Bonchev–Trinajstić information content (AvgIpc) is 2.49. The van der Waals surface area contributed by atoms with Crippen molar-refractivity contribution in [1.82, 2.24) is 4.98 Å². The first-order valence-corrected chi connectivity index (χ1v) is 4.82. The van der Waals surface area contributed by atoms with Crippen molar-refractivity contribution in [3.63, 3.8) is 0 Å². The maximum absolute atomic E-state index is 13.4. The Bertz CT molecular complexity index is 364. The van der Waals surface area contributed by atoms with Gasteiger partial charge in [0.15, 0.2) is 0 Å². The largest absolute Gasteiger partial charge is 0.299 e. The number of halogens is 1. The summed E-state index contributed by atoms with van der Waals surface area (Å²) >= 11 is 0. The summed E-state index contributed by atoms with van der Waals surface area (Å²) in [7, 11) is 0. The molecular weight excluding hydrogens is 181 g/mol. The summed E-state index contributed by atoms with van der Waals surface area (Å²) in [5, 5.41) is 0. The Labute approximate surface area is 82.2 Å². The second-order valence-corrected chi connectivity index (χ2v) is 3.80. The normalized spacial score (nSPS) is 26.9. The Morgan fingerprint density at radius 1 is 1.57 bits per heavy atom. The van der Waals surface area contributed by atoms with Gasteiger partial charge in [0.2, 0.25) is 0 Å². The standard InChI is InChI=1S/C11H12FNO/c1-7-8(2-3-11(7)14)9-4-5-13-6-10(9)12/h4-8H,2-3H2,1H3. The summed E-state index contributed by atoms with van der Waals surface area (Å²) in [6.45, 7) is 1.87. The lowest BCUT2D eigenvalue weighted by molar-refractivity contribution is -0.120. The molecule has 2 rings (SSSR count). The molecule has 2 unspecified atom stereocenters. The predicted octanol–water partition coefficient (Wildman–Crippen LogP) is 2.30. The molecule has 2 atom stereocenters. The van der Waals surface area contributed by atoms with Gasteiger partial charge in [0.25, 0.3) is 0 Å². The van der Waals surface area contributed by atoms with Gasteiger partial charge in [-0.2, -0.15) is 0 Å². The van der Waals surface area contributed by atoms with E-state index in [1.165, 1.54) is 6.20 Å². The molecule has 3 heteroatoms. The summed E-state index contributed by atoms with van der Waals surface area (Å²) in [6, 6.07) is 1.68. The molecule has 74 valence electrons. The molecule has 1 aromatic heterocycles. The molecule has 14 heavy (non-hydrogen) atoms. The maximum Gasteiger partial charge on any atom is 0.144 e. The van der Waals surface area contributed by atoms with E-state index in [1.807, 2.05) is 6.92 Å². The minimum atomic E-state index is -0.293. The van der Waals surface area contributed by atoms with Gasteiger partial charge in [0.1, 0.15) is 11.6 Å². The number of Topliss-reactive ketones (excluding diaryl/α,β-unsaturated/α-hetero) is 1. The van der Waals surface area contributed by atoms with Gasteiger partial charge in [-0.1, -0.05) is 6.92 Å². The molecule has 0 N–H and O–H groups in total. The first-order chi connectivity index (χ1) is 6.70. The fraction of sp³-hybridized carbons (Fsp3) is 0.455. The monoisotopic (exact) mass is 193 g/mol. The molecule has 0 aromatic carbocycles. The number of rotatable bonds is 1. The minimum absolute atomic E-state index is 0.0468. The van der Waals surface area contributed by atoms with Crippen molar-refractivity contribution in [1.29, 1.82) is 0 Å². The number of hydrogen-bond acceptors (Lipinski definition) is 2. The Morgan fingerprint density at radius 2 is 2.36 bits per heavy atom. The van der Waals surface area contributed by atoms with Gasteiger partial charge in [-0.05, 0) is 24.0 Å². The zero-order valence-corrected chi connectivity index (χ0v) is 8.03. The topological polar surface area (TPSA) is 30.0 Å². The number of carbonyl (C=O) groups is 1. The molecule has 1 aliphatic rings. The van der Waals surface area contributed by atoms with E-state index in [2.05, 4.69) is 4.98 Å². The van der Waals surface area contributed by atoms with Gasteiger partial charge in [0.05, 0.1) is 6.20 Å². The zero-order valence-electron chi connectivity index (χ0n) is 8.03. The Balaban J connectivity index is 2.32. The summed E-state index contributed by atoms with van der Waals surface area (Å²) in [4.78, 5) is 15.0. The van der Waals surface area contributed by atoms with Crippen molar-refractivity contribution < 1.29 is 9.18 Å². The highest BCUT2D eigenvalue weighted by molar-refractivity contribution is 5.84. The number of pyridine rings is 1. The molecule has 0 radical (unpaired) electrons. The fourth-order valence-corrected chi connectivity index (χ4v) is 2.11. The molecule has 0 amide bonds. The summed E-state index contributed by atoms with van der Waals surface area (Å²) in [6.07, 6.45) is 4.13. The van der Waals surface area contributed by atoms with Gasteiger partial charge < -0.3 is 0 Å². The van der Waals surface area contributed by atoms with Crippen molar-refractivity contribution in [3.8, 4) is 0 Å². The van der Waals surface area contributed by atoms with Crippen molar-refractivity contribution in [2.75, 3.05) is 0 Å². The second-order valence-electron chi connectivity index (χ2n) is 3.80. The highest BCUT2D eigenvalue weighted by Crippen LogP contribution is 2.37. The van der Waals surface area contributed by atoms with Crippen LogP contribution in [0.3, 0.4) is 0 Å². The fourth-order valence-electron chi connectivity index (χ4n) is 2.11. The Hall–Kier alpha value is -1.25. The van der Waals surface area contributed by atoms with Crippen molar-refractivity contribution >= 4 is 5.78 Å². The lowest BCUT2D eigenvalue weighted by Gasteiger charge is -2.14. The number of aromatic nitrogens is 1. The van der Waals surface area contributed by atoms with E-state index in [9.17, 15) is 9.18 Å². The van der Waals surface area contributed by atoms with Gasteiger partial charge in [-0.25, -0.2) is 4.39 Å². The highest BCUT2D eigenvalue weighted by Gasteiger charge is 2.33. The third-order valence-electron chi connectivity index (χ3n) is 3.02. The second kappa shape index (κ2) is 3.48. The predicted molar refractivity (Wildman–Crippen MR) is 50.3 cm³/mol. The molecular formula is C11H12FNO. The minimum Gasteiger partial charge on any atom is -0.299 e. The van der Waals surface area contributed by atoms with E-state index in [1.54, 1.807) is 12.3 Å². The third kappa shape index (κ3) is 1.43. The SMILES string of the molecule is CC1C(=O)CCC1c1ccncc1F. The van der Waals surface area contributed by atoms with Gasteiger partial charge in [-0.15, -0.1) is 0 Å². The molecule has 1 heterocycles. The summed E-state index contributed by atoms with van der Waals surface area (Å²) < 4.78 is 13.4. The van der Waals surface area contributed by atoms with Crippen LogP contribution in [0, 0.1) is 11.7 Å². The van der Waals surface area contributed by atoms with Crippen LogP contribution in [-0.2, 0) is 4.79 Å². The van der Waals surface area contributed by atoms with Crippen molar-refractivity contribution in [2.45, 2.75) is 25.7 Å². The molecule has 1 aromatic rings. The van der Waals surface area contributed by atoms with E-state index < -0.39 is 0 Å². The number of hydrogen-bond donors (Lipinski definition) is 0. The molecule has 0 spiro atoms. The van der Waals surface area contributed by atoms with Crippen LogP contribution in [-0.4, -0.2) is 10.8 Å². The molecule has 2 nitrogen and oxygen atoms in total. The first-order valence-electron chi connectivity index (χ1n) is 4.82. The smallest absolute Gasteiger partial charge is 0.144 e. The van der Waals surface area contributed by atoms with E-state index in [0.29, 0.717) is 12.0 Å². The number of ketones is 1. The van der Waals surface area contributed by atoms with Crippen LogP contribution in [0.1, 0.15) is 31.2 Å². The van der Waals surface area contributed by atoms with E-state index in [0.717, 1.165) is 6.42 Å². The quantitative estimate of drug-likeness (QED) is 0.685. The van der Waals surface area contributed by atoms with Gasteiger partial charge >= 0.3 is 0 Å². The van der Waals surface area contributed by atoms with Crippen LogP contribution >= 0.6 is 0 Å². The molecule has 0 aliphatic heterocycles. The van der Waals surface area contributed by atoms with Gasteiger partial charge in [0, 0.05) is 18.5 Å². The number of nitrogens with zero attached hydrogens (tertiary/aromatic N) is 1. The molecule has 0 saturated heterocycles. The Morgan fingerprint density at radius 3 is 2.93 bits per heavy atom. The molecule has 1 fully saturated rings. The maximum atomic E-state index is 13.4. The third-order valence-corrected chi connectivity index (χ3v) is 3.02. The van der Waals surface area contributed by atoms with Gasteiger partial charge in [-0.3, -0.25) is 9.78 Å². The van der Waals surface area contributed by atoms with Crippen molar-refractivity contribution in [3.05, 3.63) is 29.8 Å². The molecule has 1 aliphatic carbocycles. The van der Waals surface area contributed by atoms with Crippen LogP contribution in [0.2, 0.25) is 0 Å². The lowest BCUT2D eigenvalue weighted by Crippen LogP contribution is -2.10. The zero-order chi connectivity index (χ0) is 10.1. The van der Waals surface area contributed by atoms with Crippen molar-refractivity contribution in [2.24, 2.45) is 5.92 Å². The molecule has 0 bridgehead atoms. The molecule has 1 saturated carbocycles. The van der Waals surface area contributed by atoms with Crippen LogP contribution < -0.4 is 0 Å². The first kappa shape index (κ1) is 9.31. The van der Waals surface area contributed by atoms with Crippen LogP contribution in [0.15, 0.2) is 18.5 Å². The van der Waals surface area contributed by atoms with E-state index in [-0.39, 0.29) is 23.4 Å². The van der Waals surface area contributed by atoms with E-state index >= 15 is 0 Å². The Kier molecular flexibility index (Phi) is 2.32. The van der Waals surface area contributed by atoms with Crippen LogP contribution in [0.4, 0.5) is 4.39 Å². The average molecular weight is 193 g/mol. The lowest BCUT2D eigenvalue weighted by atomic mass is 9.90. The number of carbonyl (C=O) groups excluding carboxylic acids is 1. The summed E-state index contributed by atoms with van der Waals surface area (Å²) in [5.41, 5.74) is 0.637. The van der Waals surface area contributed by atoms with Crippen LogP contribution in [0.25, 0.3) is 0 Å².